The minimum Gasteiger partial charge on any atom is -0.370 e. The summed E-state index contributed by atoms with van der Waals surface area (Å²) >= 11 is 8.73. The largest absolute Gasteiger partial charge is 0.370 e. The molecule has 0 bridgehead atoms. The lowest BCUT2D eigenvalue weighted by atomic mass is 9.96. The first-order valence-electron chi connectivity index (χ1n) is 6.78. The molecule has 0 atom stereocenters. The molecule has 20 heavy (non-hydrogen) atoms. The van der Waals surface area contributed by atoms with E-state index in [4.69, 9.17) is 9.97 Å². The Labute approximate surface area is 139 Å². The fourth-order valence-electron chi connectivity index (χ4n) is 2.47. The summed E-state index contributed by atoms with van der Waals surface area (Å²) in [4.78, 5) is 10.6. The number of nitrogens with zero attached hydrogens (tertiary/aromatic N) is 2. The Morgan fingerprint density at radius 2 is 2.05 bits per heavy atom. The highest BCUT2D eigenvalue weighted by molar-refractivity contribution is 9.13. The minimum atomic E-state index is 0.831. The maximum absolute atomic E-state index is 4.80. The Morgan fingerprint density at radius 3 is 2.75 bits per heavy atom. The molecule has 0 aromatic carbocycles. The lowest BCUT2D eigenvalue weighted by Gasteiger charge is -2.19. The third-order valence-corrected chi connectivity index (χ3v) is 6.65. The van der Waals surface area contributed by atoms with Gasteiger partial charge in [-0.15, -0.1) is 11.3 Å². The number of fused-ring (bicyclic) bond motifs is 1. The van der Waals surface area contributed by atoms with Crippen LogP contribution >= 0.6 is 43.2 Å². The number of anilines is 1. The van der Waals surface area contributed by atoms with Crippen molar-refractivity contribution in [2.45, 2.75) is 32.6 Å². The first kappa shape index (κ1) is 14.5. The molecule has 1 N–H and O–H groups in total. The molecule has 0 radical (unpaired) electrons. The molecule has 6 heteroatoms. The van der Waals surface area contributed by atoms with Crippen LogP contribution in [0.1, 0.15) is 31.0 Å². The Morgan fingerprint density at radius 1 is 1.25 bits per heavy atom. The van der Waals surface area contributed by atoms with Crippen molar-refractivity contribution in [2.75, 3.05) is 11.9 Å². The van der Waals surface area contributed by atoms with E-state index in [9.17, 15) is 0 Å². The highest BCUT2D eigenvalue weighted by Gasteiger charge is 2.19. The smallest absolute Gasteiger partial charge is 0.171 e. The van der Waals surface area contributed by atoms with Gasteiger partial charge in [0.1, 0.15) is 5.82 Å². The van der Waals surface area contributed by atoms with Crippen LogP contribution in [0.3, 0.4) is 0 Å². The third kappa shape index (κ3) is 2.78. The van der Waals surface area contributed by atoms with Gasteiger partial charge in [-0.25, -0.2) is 9.97 Å². The van der Waals surface area contributed by atoms with E-state index in [1.165, 1.54) is 24.1 Å². The molecule has 0 aliphatic heterocycles. The molecular formula is C14H15Br2N3S. The maximum atomic E-state index is 4.80. The summed E-state index contributed by atoms with van der Waals surface area (Å²) in [6.07, 6.45) is 4.63. The first-order valence-corrected chi connectivity index (χ1v) is 9.18. The van der Waals surface area contributed by atoms with Crippen molar-refractivity contribution in [3.63, 3.8) is 0 Å². The minimum absolute atomic E-state index is 0.831. The molecule has 106 valence electrons. The molecule has 0 unspecified atom stereocenters. The number of halogens is 2. The Hall–Kier alpha value is -0.460. The maximum Gasteiger partial charge on any atom is 0.171 e. The molecule has 0 fully saturated rings. The average molecular weight is 417 g/mol. The summed E-state index contributed by atoms with van der Waals surface area (Å²) in [5.41, 5.74) is 2.54. The lowest BCUT2D eigenvalue weighted by molar-refractivity contribution is 0.665. The Balaban J connectivity index is 2.09. The number of nitrogens with one attached hydrogen (secondary N) is 1. The van der Waals surface area contributed by atoms with Crippen molar-refractivity contribution in [3.8, 4) is 10.7 Å². The molecule has 3 nitrogen and oxygen atoms in total. The predicted molar refractivity (Wildman–Crippen MR) is 91.6 cm³/mol. The van der Waals surface area contributed by atoms with Crippen molar-refractivity contribution in [2.24, 2.45) is 0 Å². The van der Waals surface area contributed by atoms with Gasteiger partial charge < -0.3 is 5.32 Å². The van der Waals surface area contributed by atoms with Crippen LogP contribution < -0.4 is 5.32 Å². The molecule has 0 saturated heterocycles. The van der Waals surface area contributed by atoms with Crippen LogP contribution in [0.2, 0.25) is 0 Å². The van der Waals surface area contributed by atoms with Gasteiger partial charge in [-0.05, 0) is 70.5 Å². The zero-order valence-corrected chi connectivity index (χ0v) is 15.2. The van der Waals surface area contributed by atoms with E-state index < -0.39 is 0 Å². The van der Waals surface area contributed by atoms with Gasteiger partial charge in [0.15, 0.2) is 5.82 Å². The quantitative estimate of drug-likeness (QED) is 0.761. The number of aromatic nitrogens is 2. The van der Waals surface area contributed by atoms with Crippen molar-refractivity contribution in [3.05, 3.63) is 25.6 Å². The predicted octanol–water partition coefficient (Wildman–Crippen LogP) is 5.04. The number of hydrogen-bond acceptors (Lipinski definition) is 4. The molecule has 2 heterocycles. The van der Waals surface area contributed by atoms with Crippen molar-refractivity contribution < 1.29 is 0 Å². The van der Waals surface area contributed by atoms with Crippen LogP contribution in [0.5, 0.6) is 0 Å². The second-order valence-corrected chi connectivity index (χ2v) is 8.02. The standard InChI is InChI=1S/C14H15Br2N3S/c1-2-17-13-8-5-3-4-6-10(8)18-14(19-13)11-7-9(15)12(16)20-11/h7H,2-6H2,1H3,(H,17,18,19). The van der Waals surface area contributed by atoms with Crippen LogP contribution in [0, 0.1) is 0 Å². The molecule has 2 aromatic heterocycles. The molecule has 1 aliphatic rings. The average Bonchev–Trinajstić information content (AvgIpc) is 2.79. The van der Waals surface area contributed by atoms with E-state index in [0.29, 0.717) is 0 Å². The van der Waals surface area contributed by atoms with E-state index in [-0.39, 0.29) is 0 Å². The van der Waals surface area contributed by atoms with E-state index in [0.717, 1.165) is 44.2 Å². The molecule has 0 saturated carbocycles. The second kappa shape index (κ2) is 6.12. The first-order chi connectivity index (χ1) is 9.69. The summed E-state index contributed by atoms with van der Waals surface area (Å²) < 4.78 is 2.14. The zero-order valence-electron chi connectivity index (χ0n) is 11.2. The number of thiophene rings is 1. The van der Waals surface area contributed by atoms with Crippen molar-refractivity contribution in [1.82, 2.24) is 9.97 Å². The summed E-state index contributed by atoms with van der Waals surface area (Å²) in [6.45, 7) is 3.00. The zero-order chi connectivity index (χ0) is 14.1. The van der Waals surface area contributed by atoms with Gasteiger partial charge in [0.2, 0.25) is 0 Å². The summed E-state index contributed by atoms with van der Waals surface area (Å²) in [5, 5.41) is 3.40. The van der Waals surface area contributed by atoms with Crippen LogP contribution in [0.25, 0.3) is 10.7 Å². The van der Waals surface area contributed by atoms with Gasteiger partial charge in [0.25, 0.3) is 0 Å². The van der Waals surface area contributed by atoms with Crippen LogP contribution in [-0.4, -0.2) is 16.5 Å². The monoisotopic (exact) mass is 415 g/mol. The SMILES string of the molecule is CCNc1nc(-c2cc(Br)c(Br)s2)nc2c1CCCC2. The van der Waals surface area contributed by atoms with E-state index in [2.05, 4.69) is 50.2 Å². The summed E-state index contributed by atoms with van der Waals surface area (Å²) in [5.74, 6) is 1.85. The molecule has 0 spiro atoms. The van der Waals surface area contributed by atoms with Gasteiger partial charge in [-0.3, -0.25) is 0 Å². The summed E-state index contributed by atoms with van der Waals surface area (Å²) in [7, 11) is 0. The van der Waals surface area contributed by atoms with Crippen molar-refractivity contribution >= 4 is 49.0 Å². The number of hydrogen-bond donors (Lipinski definition) is 1. The number of rotatable bonds is 3. The topological polar surface area (TPSA) is 37.8 Å². The molecular weight excluding hydrogens is 402 g/mol. The normalized spacial score (nSPS) is 14.2. The van der Waals surface area contributed by atoms with E-state index in [1.807, 2.05) is 0 Å². The fraction of sp³-hybridized carbons (Fsp3) is 0.429. The molecule has 0 amide bonds. The van der Waals surface area contributed by atoms with Gasteiger partial charge in [0.05, 0.1) is 8.66 Å². The van der Waals surface area contributed by atoms with Crippen molar-refractivity contribution in [1.29, 1.82) is 0 Å². The van der Waals surface area contributed by atoms with Gasteiger partial charge in [-0.1, -0.05) is 0 Å². The highest BCUT2D eigenvalue weighted by atomic mass is 79.9. The van der Waals surface area contributed by atoms with Crippen LogP contribution in [0.4, 0.5) is 5.82 Å². The van der Waals surface area contributed by atoms with Gasteiger partial charge >= 0.3 is 0 Å². The van der Waals surface area contributed by atoms with Crippen LogP contribution in [-0.2, 0) is 12.8 Å². The van der Waals surface area contributed by atoms with E-state index in [1.54, 1.807) is 11.3 Å². The van der Waals surface area contributed by atoms with Crippen LogP contribution in [0.15, 0.2) is 14.3 Å². The van der Waals surface area contributed by atoms with E-state index >= 15 is 0 Å². The lowest BCUT2D eigenvalue weighted by Crippen LogP contribution is -2.13. The highest BCUT2D eigenvalue weighted by Crippen LogP contribution is 2.38. The Kier molecular flexibility index (Phi) is 4.43. The van der Waals surface area contributed by atoms with Gasteiger partial charge in [-0.2, -0.15) is 0 Å². The molecule has 2 aromatic rings. The Bertz CT molecular complexity index is 620. The third-order valence-electron chi connectivity index (χ3n) is 3.39. The molecule has 1 aliphatic carbocycles. The molecule has 3 rings (SSSR count). The summed E-state index contributed by atoms with van der Waals surface area (Å²) in [6, 6.07) is 2.08. The number of aryl methyl sites for hydroxylation is 1. The fourth-order valence-corrected chi connectivity index (χ4v) is 4.44. The second-order valence-electron chi connectivity index (χ2n) is 4.79. The van der Waals surface area contributed by atoms with Gasteiger partial charge in [0, 0.05) is 22.3 Å².